The molecular formula is C12H19BrClN3O3S2. The molecule has 1 aromatic rings. The Hall–Kier alpha value is -0.190. The lowest BCUT2D eigenvalue weighted by Crippen LogP contribution is -2.52. The number of halogens is 2. The van der Waals surface area contributed by atoms with Crippen molar-refractivity contribution in [1.29, 1.82) is 0 Å². The predicted octanol–water partition coefficient (Wildman–Crippen LogP) is 1.36. The van der Waals surface area contributed by atoms with Crippen molar-refractivity contribution in [2.45, 2.75) is 11.1 Å². The first kappa shape index (κ1) is 19.9. The zero-order chi connectivity index (χ0) is 15.6. The van der Waals surface area contributed by atoms with Crippen molar-refractivity contribution < 1.29 is 13.2 Å². The lowest BCUT2D eigenvalue weighted by molar-refractivity contribution is -0.135. The van der Waals surface area contributed by atoms with Gasteiger partial charge in [0.1, 0.15) is 4.21 Å². The minimum atomic E-state index is -3.46. The molecule has 0 bridgehead atoms. The molecule has 1 atom stereocenters. The third-order valence-electron chi connectivity index (χ3n) is 3.47. The van der Waals surface area contributed by atoms with E-state index in [1.54, 1.807) is 24.0 Å². The zero-order valence-electron chi connectivity index (χ0n) is 12.1. The van der Waals surface area contributed by atoms with E-state index in [0.717, 1.165) is 3.79 Å². The van der Waals surface area contributed by atoms with Crippen LogP contribution in [0.1, 0.15) is 6.92 Å². The Labute approximate surface area is 149 Å². The molecule has 1 aliphatic heterocycles. The van der Waals surface area contributed by atoms with E-state index in [4.69, 9.17) is 5.73 Å². The summed E-state index contributed by atoms with van der Waals surface area (Å²) in [5, 5.41) is 0. The number of hydrogen-bond acceptors (Lipinski definition) is 5. The number of sulfonamides is 1. The topological polar surface area (TPSA) is 83.7 Å². The number of amides is 1. The molecule has 0 saturated carbocycles. The summed E-state index contributed by atoms with van der Waals surface area (Å²) in [5.74, 6) is -0.227. The molecule has 6 nitrogen and oxygen atoms in total. The quantitative estimate of drug-likeness (QED) is 0.778. The molecule has 0 aliphatic carbocycles. The molecule has 0 aromatic carbocycles. The molecule has 1 aliphatic rings. The van der Waals surface area contributed by atoms with E-state index in [-0.39, 0.29) is 24.2 Å². The first-order valence-electron chi connectivity index (χ1n) is 6.60. The van der Waals surface area contributed by atoms with E-state index in [9.17, 15) is 13.2 Å². The summed E-state index contributed by atoms with van der Waals surface area (Å²) in [6, 6.07) is 3.32. The van der Waals surface area contributed by atoms with E-state index in [1.165, 1.54) is 15.6 Å². The van der Waals surface area contributed by atoms with Gasteiger partial charge in [0.25, 0.3) is 10.0 Å². The van der Waals surface area contributed by atoms with E-state index >= 15 is 0 Å². The fourth-order valence-corrected chi connectivity index (χ4v) is 5.71. The van der Waals surface area contributed by atoms with Gasteiger partial charge < -0.3 is 10.6 Å². The fraction of sp³-hybridized carbons (Fsp3) is 0.583. The lowest BCUT2D eigenvalue weighted by Gasteiger charge is -2.34. The van der Waals surface area contributed by atoms with Gasteiger partial charge >= 0.3 is 0 Å². The Bertz CT molecular complexity index is 615. The average molecular weight is 433 g/mol. The smallest absolute Gasteiger partial charge is 0.252 e. The molecule has 1 saturated heterocycles. The number of nitrogens with zero attached hydrogens (tertiary/aromatic N) is 2. The van der Waals surface area contributed by atoms with Gasteiger partial charge in [-0.05, 0) is 28.1 Å². The van der Waals surface area contributed by atoms with Crippen molar-refractivity contribution in [1.82, 2.24) is 9.21 Å². The van der Waals surface area contributed by atoms with Crippen LogP contribution < -0.4 is 5.73 Å². The normalized spacial score (nSPS) is 17.9. The molecule has 1 fully saturated rings. The number of rotatable bonds is 4. The molecule has 10 heteroatoms. The van der Waals surface area contributed by atoms with Crippen LogP contribution in [0.2, 0.25) is 0 Å². The first-order chi connectivity index (χ1) is 9.86. The van der Waals surface area contributed by atoms with Crippen molar-refractivity contribution in [2.24, 2.45) is 11.7 Å². The minimum Gasteiger partial charge on any atom is -0.340 e. The maximum atomic E-state index is 12.5. The highest BCUT2D eigenvalue weighted by Crippen LogP contribution is 2.29. The second-order valence-corrected chi connectivity index (χ2v) is 9.55. The monoisotopic (exact) mass is 431 g/mol. The maximum Gasteiger partial charge on any atom is 0.252 e. The molecule has 2 heterocycles. The Kier molecular flexibility index (Phi) is 7.28. The molecule has 126 valence electrons. The van der Waals surface area contributed by atoms with Crippen LogP contribution >= 0.6 is 39.7 Å². The molecular weight excluding hydrogens is 414 g/mol. The second kappa shape index (κ2) is 8.07. The van der Waals surface area contributed by atoms with Crippen LogP contribution in [0.3, 0.4) is 0 Å². The van der Waals surface area contributed by atoms with Crippen LogP contribution in [-0.4, -0.2) is 56.3 Å². The Balaban J connectivity index is 0.00000242. The van der Waals surface area contributed by atoms with Crippen LogP contribution in [-0.2, 0) is 14.8 Å². The minimum absolute atomic E-state index is 0. The summed E-state index contributed by atoms with van der Waals surface area (Å²) in [6.07, 6.45) is 0. The molecule has 1 unspecified atom stereocenters. The SMILES string of the molecule is CC(CN)C(=O)N1CCN(S(=O)(=O)c2ccc(Br)s2)CC1.Cl. The first-order valence-corrected chi connectivity index (χ1v) is 9.65. The largest absolute Gasteiger partial charge is 0.340 e. The van der Waals surface area contributed by atoms with Crippen molar-refractivity contribution in [2.75, 3.05) is 32.7 Å². The van der Waals surface area contributed by atoms with Gasteiger partial charge in [-0.2, -0.15) is 4.31 Å². The third-order valence-corrected chi connectivity index (χ3v) is 7.46. The molecule has 1 amide bonds. The number of thiophene rings is 1. The zero-order valence-corrected chi connectivity index (χ0v) is 16.1. The van der Waals surface area contributed by atoms with Gasteiger partial charge in [-0.15, -0.1) is 23.7 Å². The summed E-state index contributed by atoms with van der Waals surface area (Å²) >= 11 is 4.47. The fourth-order valence-electron chi connectivity index (χ4n) is 2.12. The Morgan fingerprint density at radius 2 is 1.95 bits per heavy atom. The van der Waals surface area contributed by atoms with Gasteiger partial charge in [-0.25, -0.2) is 8.42 Å². The summed E-state index contributed by atoms with van der Waals surface area (Å²) < 4.78 is 27.5. The van der Waals surface area contributed by atoms with Gasteiger partial charge in [0, 0.05) is 38.6 Å². The molecule has 2 N–H and O–H groups in total. The van der Waals surface area contributed by atoms with Crippen molar-refractivity contribution in [3.63, 3.8) is 0 Å². The summed E-state index contributed by atoms with van der Waals surface area (Å²) in [5.41, 5.74) is 5.50. The highest BCUT2D eigenvalue weighted by molar-refractivity contribution is 9.11. The van der Waals surface area contributed by atoms with Gasteiger partial charge in [0.2, 0.25) is 5.91 Å². The van der Waals surface area contributed by atoms with Gasteiger partial charge in [-0.3, -0.25) is 4.79 Å². The van der Waals surface area contributed by atoms with Crippen LogP contribution in [0.5, 0.6) is 0 Å². The van der Waals surface area contributed by atoms with Crippen LogP contribution in [0.4, 0.5) is 0 Å². The van der Waals surface area contributed by atoms with Crippen LogP contribution in [0.15, 0.2) is 20.1 Å². The Morgan fingerprint density at radius 1 is 1.36 bits per heavy atom. The van der Waals surface area contributed by atoms with Crippen LogP contribution in [0.25, 0.3) is 0 Å². The summed E-state index contributed by atoms with van der Waals surface area (Å²) in [7, 11) is -3.46. The number of carbonyl (C=O) groups is 1. The average Bonchev–Trinajstić information content (AvgIpc) is 2.93. The molecule has 1 aromatic heterocycles. The second-order valence-electron chi connectivity index (χ2n) is 4.92. The number of piperazine rings is 1. The van der Waals surface area contributed by atoms with Crippen molar-refractivity contribution in [3.05, 3.63) is 15.9 Å². The van der Waals surface area contributed by atoms with E-state index in [2.05, 4.69) is 15.9 Å². The molecule has 22 heavy (non-hydrogen) atoms. The standard InChI is InChI=1S/C12H18BrN3O3S2.ClH/c1-9(8-14)12(17)15-4-6-16(7-5-15)21(18,19)11-3-2-10(13)20-11;/h2-3,9H,4-8,14H2,1H3;1H. The van der Waals surface area contributed by atoms with Gasteiger partial charge in [-0.1, -0.05) is 6.92 Å². The van der Waals surface area contributed by atoms with E-state index < -0.39 is 10.0 Å². The summed E-state index contributed by atoms with van der Waals surface area (Å²) in [6.45, 7) is 3.56. The molecule has 0 spiro atoms. The number of hydrogen-bond donors (Lipinski definition) is 1. The van der Waals surface area contributed by atoms with Crippen molar-refractivity contribution in [3.8, 4) is 0 Å². The highest BCUT2D eigenvalue weighted by Gasteiger charge is 2.31. The van der Waals surface area contributed by atoms with E-state index in [0.29, 0.717) is 36.9 Å². The lowest BCUT2D eigenvalue weighted by atomic mass is 10.1. The van der Waals surface area contributed by atoms with Gasteiger partial charge in [0.05, 0.1) is 3.79 Å². The third kappa shape index (κ3) is 4.21. The highest BCUT2D eigenvalue weighted by atomic mass is 79.9. The predicted molar refractivity (Wildman–Crippen MR) is 92.8 cm³/mol. The van der Waals surface area contributed by atoms with E-state index in [1.807, 2.05) is 0 Å². The number of nitrogens with two attached hydrogens (primary N) is 1. The van der Waals surface area contributed by atoms with Crippen LogP contribution in [0, 0.1) is 5.92 Å². The molecule has 2 rings (SSSR count). The maximum absolute atomic E-state index is 12.5. The Morgan fingerprint density at radius 3 is 2.41 bits per heavy atom. The molecule has 0 radical (unpaired) electrons. The number of carbonyl (C=O) groups excluding carboxylic acids is 1. The van der Waals surface area contributed by atoms with Gasteiger partial charge in [0.15, 0.2) is 0 Å². The van der Waals surface area contributed by atoms with Crippen molar-refractivity contribution >= 4 is 55.6 Å². The summed E-state index contributed by atoms with van der Waals surface area (Å²) in [4.78, 5) is 13.7.